The second-order valence-corrected chi connectivity index (χ2v) is 5.12. The fourth-order valence-electron chi connectivity index (χ4n) is 2.47. The Kier molecular flexibility index (Phi) is 4.29. The first-order chi connectivity index (χ1) is 11.7. The Bertz CT molecular complexity index is 858. The molecule has 1 aromatic heterocycles. The van der Waals surface area contributed by atoms with E-state index < -0.39 is 0 Å². The number of aromatic hydroxyl groups is 1. The van der Waals surface area contributed by atoms with Crippen molar-refractivity contribution in [3.8, 4) is 45.5 Å². The van der Waals surface area contributed by atoms with Crippen molar-refractivity contribution in [2.24, 2.45) is 0 Å². The lowest BCUT2D eigenvalue weighted by molar-refractivity contribution is 0.355. The average Bonchev–Trinajstić information content (AvgIpc) is 3.10. The number of rotatable bonds is 5. The molecular formula is C18H18N2O4. The minimum absolute atomic E-state index is 0.122. The summed E-state index contributed by atoms with van der Waals surface area (Å²) in [6, 6.07) is 12.6. The summed E-state index contributed by atoms with van der Waals surface area (Å²) in [4.78, 5) is 0. The Balaban J connectivity index is 1.96. The molecule has 124 valence electrons. The van der Waals surface area contributed by atoms with Crippen LogP contribution in [0.5, 0.6) is 23.0 Å². The van der Waals surface area contributed by atoms with Gasteiger partial charge in [0.25, 0.3) is 0 Å². The fourth-order valence-corrected chi connectivity index (χ4v) is 2.47. The normalized spacial score (nSPS) is 10.5. The molecule has 0 saturated carbocycles. The van der Waals surface area contributed by atoms with E-state index in [1.165, 1.54) is 0 Å². The molecule has 6 nitrogen and oxygen atoms in total. The highest BCUT2D eigenvalue weighted by molar-refractivity contribution is 5.73. The van der Waals surface area contributed by atoms with E-state index in [0.717, 1.165) is 11.3 Å². The maximum absolute atomic E-state index is 10.1. The van der Waals surface area contributed by atoms with Crippen LogP contribution in [-0.4, -0.2) is 36.6 Å². The highest BCUT2D eigenvalue weighted by Gasteiger charge is 2.12. The molecule has 6 heteroatoms. The number of nitrogens with one attached hydrogen (secondary N) is 1. The summed E-state index contributed by atoms with van der Waals surface area (Å²) >= 11 is 0. The van der Waals surface area contributed by atoms with E-state index in [1.807, 2.05) is 24.3 Å². The van der Waals surface area contributed by atoms with Crippen molar-refractivity contribution in [2.75, 3.05) is 21.3 Å². The molecular weight excluding hydrogens is 308 g/mol. The fraction of sp³-hybridized carbons (Fsp3) is 0.167. The minimum atomic E-state index is 0.122. The smallest absolute Gasteiger partial charge is 0.161 e. The Morgan fingerprint density at radius 1 is 0.875 bits per heavy atom. The zero-order chi connectivity index (χ0) is 17.1. The summed E-state index contributed by atoms with van der Waals surface area (Å²) in [6.07, 6.45) is 0. The van der Waals surface area contributed by atoms with Crippen molar-refractivity contribution in [2.45, 2.75) is 0 Å². The summed E-state index contributed by atoms with van der Waals surface area (Å²) < 4.78 is 15.7. The molecule has 0 atom stereocenters. The minimum Gasteiger partial charge on any atom is -0.507 e. The van der Waals surface area contributed by atoms with Crippen molar-refractivity contribution in [1.82, 2.24) is 10.2 Å². The van der Waals surface area contributed by atoms with Gasteiger partial charge in [0.05, 0.1) is 32.7 Å². The van der Waals surface area contributed by atoms with Crippen molar-refractivity contribution in [1.29, 1.82) is 0 Å². The maximum atomic E-state index is 10.1. The van der Waals surface area contributed by atoms with Crippen molar-refractivity contribution < 1.29 is 19.3 Å². The third-order valence-corrected chi connectivity index (χ3v) is 3.75. The third kappa shape index (κ3) is 2.86. The molecule has 2 N–H and O–H groups in total. The van der Waals surface area contributed by atoms with E-state index >= 15 is 0 Å². The lowest BCUT2D eigenvalue weighted by Crippen LogP contribution is -1.90. The van der Waals surface area contributed by atoms with Gasteiger partial charge in [-0.1, -0.05) is 0 Å². The summed E-state index contributed by atoms with van der Waals surface area (Å²) in [6.45, 7) is 0. The molecule has 0 aliphatic rings. The zero-order valence-corrected chi connectivity index (χ0v) is 13.7. The number of hydrogen-bond acceptors (Lipinski definition) is 5. The first-order valence-electron chi connectivity index (χ1n) is 7.31. The average molecular weight is 326 g/mol. The molecule has 0 saturated heterocycles. The molecule has 0 amide bonds. The molecule has 24 heavy (non-hydrogen) atoms. The predicted octanol–water partition coefficient (Wildman–Crippen LogP) is 3.48. The van der Waals surface area contributed by atoms with Gasteiger partial charge in [-0.05, 0) is 36.4 Å². The lowest BCUT2D eigenvalue weighted by Gasteiger charge is -2.08. The van der Waals surface area contributed by atoms with Crippen LogP contribution in [0.4, 0.5) is 0 Å². The number of H-pyrrole nitrogens is 1. The predicted molar refractivity (Wildman–Crippen MR) is 90.8 cm³/mol. The van der Waals surface area contributed by atoms with Crippen molar-refractivity contribution >= 4 is 0 Å². The van der Waals surface area contributed by atoms with E-state index in [9.17, 15) is 5.11 Å². The number of phenolic OH excluding ortho intramolecular Hbond substituents is 1. The molecule has 3 rings (SSSR count). The van der Waals surface area contributed by atoms with Crippen molar-refractivity contribution in [3.63, 3.8) is 0 Å². The molecule has 1 heterocycles. The topological polar surface area (TPSA) is 76.6 Å². The van der Waals surface area contributed by atoms with E-state index in [1.54, 1.807) is 39.5 Å². The van der Waals surface area contributed by atoms with Gasteiger partial charge in [0.1, 0.15) is 11.5 Å². The van der Waals surface area contributed by atoms with Gasteiger partial charge < -0.3 is 19.3 Å². The van der Waals surface area contributed by atoms with Gasteiger partial charge in [0, 0.05) is 17.2 Å². The zero-order valence-electron chi connectivity index (χ0n) is 13.7. The van der Waals surface area contributed by atoms with Gasteiger partial charge in [-0.15, -0.1) is 0 Å². The van der Waals surface area contributed by atoms with Crippen LogP contribution in [0, 0.1) is 0 Å². The number of ether oxygens (including phenoxy) is 3. The Morgan fingerprint density at radius 3 is 2.33 bits per heavy atom. The van der Waals surface area contributed by atoms with Gasteiger partial charge in [-0.2, -0.15) is 5.10 Å². The quantitative estimate of drug-likeness (QED) is 0.751. The third-order valence-electron chi connectivity index (χ3n) is 3.75. The summed E-state index contributed by atoms with van der Waals surface area (Å²) in [7, 11) is 4.74. The van der Waals surface area contributed by atoms with E-state index in [4.69, 9.17) is 14.2 Å². The number of hydrogen-bond donors (Lipinski definition) is 2. The molecule has 0 bridgehead atoms. The number of methoxy groups -OCH3 is 3. The van der Waals surface area contributed by atoms with E-state index in [0.29, 0.717) is 28.5 Å². The Hall–Kier alpha value is -3.15. The molecule has 0 aliphatic carbocycles. The first kappa shape index (κ1) is 15.7. The molecule has 2 aromatic carbocycles. The van der Waals surface area contributed by atoms with Crippen LogP contribution >= 0.6 is 0 Å². The first-order valence-corrected chi connectivity index (χ1v) is 7.31. The monoisotopic (exact) mass is 326 g/mol. The maximum Gasteiger partial charge on any atom is 0.161 e. The lowest BCUT2D eigenvalue weighted by atomic mass is 10.1. The van der Waals surface area contributed by atoms with Gasteiger partial charge in [-0.3, -0.25) is 5.10 Å². The SMILES string of the molecule is COc1ccc(-c2cc(-c3ccc(OC)c(OC)c3)n[nH]2)c(O)c1. The van der Waals surface area contributed by atoms with E-state index in [-0.39, 0.29) is 5.75 Å². The number of phenols is 1. The van der Waals surface area contributed by atoms with Crippen LogP contribution < -0.4 is 14.2 Å². The number of aromatic nitrogens is 2. The van der Waals surface area contributed by atoms with E-state index in [2.05, 4.69) is 10.2 Å². The van der Waals surface area contributed by atoms with Crippen molar-refractivity contribution in [3.05, 3.63) is 42.5 Å². The second-order valence-electron chi connectivity index (χ2n) is 5.12. The molecule has 0 spiro atoms. The van der Waals surface area contributed by atoms with Gasteiger partial charge >= 0.3 is 0 Å². The van der Waals surface area contributed by atoms with Crippen LogP contribution in [0.25, 0.3) is 22.5 Å². The van der Waals surface area contributed by atoms with Crippen LogP contribution in [0.3, 0.4) is 0 Å². The van der Waals surface area contributed by atoms with Crippen LogP contribution in [-0.2, 0) is 0 Å². The summed E-state index contributed by atoms with van der Waals surface area (Å²) in [5.41, 5.74) is 2.97. The van der Waals surface area contributed by atoms with Gasteiger partial charge in [-0.25, -0.2) is 0 Å². The van der Waals surface area contributed by atoms with Crippen LogP contribution in [0.1, 0.15) is 0 Å². The molecule has 0 aliphatic heterocycles. The Morgan fingerprint density at radius 2 is 1.67 bits per heavy atom. The molecule has 0 unspecified atom stereocenters. The van der Waals surface area contributed by atoms with Gasteiger partial charge in [0.15, 0.2) is 11.5 Å². The highest BCUT2D eigenvalue weighted by atomic mass is 16.5. The van der Waals surface area contributed by atoms with Crippen LogP contribution in [0.15, 0.2) is 42.5 Å². The van der Waals surface area contributed by atoms with Crippen LogP contribution in [0.2, 0.25) is 0 Å². The highest BCUT2D eigenvalue weighted by Crippen LogP contribution is 2.35. The summed E-state index contributed by atoms with van der Waals surface area (Å²) in [5, 5.41) is 17.4. The Labute approximate surface area is 139 Å². The molecule has 0 fully saturated rings. The largest absolute Gasteiger partial charge is 0.507 e. The number of nitrogens with zero attached hydrogens (tertiary/aromatic N) is 1. The second kappa shape index (κ2) is 6.54. The standard InChI is InChI=1S/C18H18N2O4/c1-22-12-5-6-13(16(21)9-12)15-10-14(19-20-15)11-4-7-17(23-2)18(8-11)24-3/h4-10,21H,1-3H3,(H,19,20). The number of aromatic amines is 1. The number of benzene rings is 2. The van der Waals surface area contributed by atoms with Gasteiger partial charge in [0.2, 0.25) is 0 Å². The summed E-state index contributed by atoms with van der Waals surface area (Å²) in [5.74, 6) is 2.00. The molecule has 3 aromatic rings. The molecule has 0 radical (unpaired) electrons.